The van der Waals surface area contributed by atoms with Gasteiger partial charge in [0.1, 0.15) is 0 Å². The summed E-state index contributed by atoms with van der Waals surface area (Å²) in [6.07, 6.45) is 3.35. The Bertz CT molecular complexity index is 980. The number of hydrogen-bond donors (Lipinski definition) is 0. The Hall–Kier alpha value is -2.90. The van der Waals surface area contributed by atoms with E-state index in [2.05, 4.69) is 4.98 Å². The molecular weight excluding hydrogens is 386 g/mol. The van der Waals surface area contributed by atoms with Gasteiger partial charge in [0.15, 0.2) is 16.6 Å². The molecule has 0 fully saturated rings. The van der Waals surface area contributed by atoms with Crippen molar-refractivity contribution < 1.29 is 14.3 Å². The number of amides is 1. The summed E-state index contributed by atoms with van der Waals surface area (Å²) in [5.74, 6) is 1.16. The van der Waals surface area contributed by atoms with E-state index < -0.39 is 0 Å². The minimum atomic E-state index is -0.110. The number of benzene rings is 2. The van der Waals surface area contributed by atoms with E-state index in [-0.39, 0.29) is 5.91 Å². The average molecular weight is 412 g/mol. The van der Waals surface area contributed by atoms with E-state index >= 15 is 0 Å². The van der Waals surface area contributed by atoms with Gasteiger partial charge in [0.25, 0.3) is 5.91 Å². The van der Waals surface area contributed by atoms with Crippen LogP contribution in [0.25, 0.3) is 16.3 Å². The number of carbonyl (C=O) groups excluding carboxylic acids is 1. The maximum Gasteiger partial charge on any atom is 0.252 e. The molecule has 152 valence electrons. The van der Waals surface area contributed by atoms with Crippen LogP contribution < -0.4 is 14.4 Å². The molecule has 29 heavy (non-hydrogen) atoms. The molecule has 3 aromatic rings. The van der Waals surface area contributed by atoms with Crippen LogP contribution in [0.5, 0.6) is 11.5 Å². The second-order valence-electron chi connectivity index (χ2n) is 6.71. The molecule has 1 aromatic heterocycles. The van der Waals surface area contributed by atoms with Crippen molar-refractivity contribution in [2.45, 2.75) is 0 Å². The highest BCUT2D eigenvalue weighted by Gasteiger charge is 2.18. The molecule has 0 bridgehead atoms. The Morgan fingerprint density at radius 1 is 1.07 bits per heavy atom. The number of fused-ring (bicyclic) bond motifs is 1. The summed E-state index contributed by atoms with van der Waals surface area (Å²) in [7, 11) is 7.16. The van der Waals surface area contributed by atoms with Gasteiger partial charge in [0.05, 0.1) is 24.4 Å². The summed E-state index contributed by atoms with van der Waals surface area (Å²) < 4.78 is 11.7. The van der Waals surface area contributed by atoms with Gasteiger partial charge in [0, 0.05) is 19.2 Å². The maximum absolute atomic E-state index is 13.0. The third-order valence-corrected chi connectivity index (χ3v) is 5.44. The van der Waals surface area contributed by atoms with E-state index in [1.165, 1.54) is 11.3 Å². The Labute approximate surface area is 175 Å². The molecule has 0 atom stereocenters. The van der Waals surface area contributed by atoms with Gasteiger partial charge in [-0.2, -0.15) is 0 Å². The van der Waals surface area contributed by atoms with Crippen molar-refractivity contribution in [2.24, 2.45) is 0 Å². The van der Waals surface area contributed by atoms with E-state index in [0.29, 0.717) is 23.2 Å². The summed E-state index contributed by atoms with van der Waals surface area (Å²) in [6, 6.07) is 13.5. The molecule has 6 nitrogen and oxygen atoms in total. The fourth-order valence-electron chi connectivity index (χ4n) is 2.79. The molecule has 0 aliphatic rings. The Balaban J connectivity index is 1.85. The number of anilines is 1. The summed E-state index contributed by atoms with van der Waals surface area (Å²) in [5, 5.41) is 0.704. The molecular formula is C22H25N3O3S. The van der Waals surface area contributed by atoms with Crippen LogP contribution >= 0.6 is 11.3 Å². The smallest absolute Gasteiger partial charge is 0.252 e. The Morgan fingerprint density at radius 3 is 2.52 bits per heavy atom. The Kier molecular flexibility index (Phi) is 6.85. The molecule has 0 N–H and O–H groups in total. The van der Waals surface area contributed by atoms with Crippen LogP contribution in [0.4, 0.5) is 5.13 Å². The Morgan fingerprint density at radius 2 is 1.83 bits per heavy atom. The lowest BCUT2D eigenvalue weighted by Gasteiger charge is -2.20. The topological polar surface area (TPSA) is 54.9 Å². The number of carbonyl (C=O) groups is 1. The second kappa shape index (κ2) is 9.54. The van der Waals surface area contributed by atoms with Crippen molar-refractivity contribution in [3.8, 4) is 11.5 Å². The van der Waals surface area contributed by atoms with E-state index in [1.54, 1.807) is 31.3 Å². The first-order chi connectivity index (χ1) is 14.0. The number of aromatic nitrogens is 1. The highest BCUT2D eigenvalue weighted by molar-refractivity contribution is 7.22. The van der Waals surface area contributed by atoms with Gasteiger partial charge in [-0.25, -0.2) is 4.98 Å². The standard InChI is InChI=1S/C22H25N3O3S/c1-24(2)13-14-25(22-23-17-7-5-6-8-20(17)29-22)21(26)12-10-16-9-11-18(27-3)19(15-16)28-4/h5-12,15H,13-14H2,1-4H3. The molecule has 0 radical (unpaired) electrons. The van der Waals surface area contributed by atoms with Crippen LogP contribution in [0, 0.1) is 0 Å². The lowest BCUT2D eigenvalue weighted by molar-refractivity contribution is -0.114. The second-order valence-corrected chi connectivity index (χ2v) is 7.71. The number of nitrogens with zero attached hydrogens (tertiary/aromatic N) is 3. The van der Waals surface area contributed by atoms with Crippen molar-refractivity contribution in [1.29, 1.82) is 0 Å². The lowest BCUT2D eigenvalue weighted by Crippen LogP contribution is -2.35. The number of para-hydroxylation sites is 1. The van der Waals surface area contributed by atoms with Crippen LogP contribution in [0.15, 0.2) is 48.5 Å². The van der Waals surface area contributed by atoms with Gasteiger partial charge in [-0.15, -0.1) is 0 Å². The zero-order valence-electron chi connectivity index (χ0n) is 17.1. The van der Waals surface area contributed by atoms with Crippen molar-refractivity contribution in [3.63, 3.8) is 0 Å². The normalized spacial score (nSPS) is 11.3. The highest BCUT2D eigenvalue weighted by Crippen LogP contribution is 2.30. The van der Waals surface area contributed by atoms with Crippen LogP contribution in [-0.4, -0.2) is 57.2 Å². The SMILES string of the molecule is COc1ccc(C=CC(=O)N(CCN(C)C)c2nc3ccccc3s2)cc1OC. The predicted molar refractivity (Wildman–Crippen MR) is 119 cm³/mol. The molecule has 0 aliphatic heterocycles. The minimum absolute atomic E-state index is 0.110. The number of likely N-dealkylation sites (N-methyl/N-ethyl adjacent to an activating group) is 1. The highest BCUT2D eigenvalue weighted by atomic mass is 32.1. The number of hydrogen-bond acceptors (Lipinski definition) is 6. The van der Waals surface area contributed by atoms with Crippen molar-refractivity contribution in [2.75, 3.05) is 46.3 Å². The van der Waals surface area contributed by atoms with Crippen molar-refractivity contribution >= 4 is 38.7 Å². The van der Waals surface area contributed by atoms with Gasteiger partial charge in [0.2, 0.25) is 0 Å². The number of thiazole rings is 1. The molecule has 2 aromatic carbocycles. The summed E-state index contributed by atoms with van der Waals surface area (Å²) in [6.45, 7) is 1.30. The van der Waals surface area contributed by atoms with Crippen LogP contribution in [0.1, 0.15) is 5.56 Å². The average Bonchev–Trinajstić information content (AvgIpc) is 3.15. The van der Waals surface area contributed by atoms with Crippen LogP contribution in [0.2, 0.25) is 0 Å². The fourth-order valence-corrected chi connectivity index (χ4v) is 3.79. The van der Waals surface area contributed by atoms with Gasteiger partial charge in [-0.05, 0) is 50.0 Å². The van der Waals surface area contributed by atoms with E-state index in [1.807, 2.05) is 61.5 Å². The third-order valence-electron chi connectivity index (χ3n) is 4.38. The quantitative estimate of drug-likeness (QED) is 0.526. The van der Waals surface area contributed by atoms with Crippen molar-refractivity contribution in [1.82, 2.24) is 9.88 Å². The summed E-state index contributed by atoms with van der Waals surface area (Å²) in [4.78, 5) is 21.4. The van der Waals surface area contributed by atoms with E-state index in [4.69, 9.17) is 9.47 Å². The molecule has 3 rings (SSSR count). The molecule has 0 saturated heterocycles. The first kappa shape index (κ1) is 20.8. The molecule has 0 unspecified atom stereocenters. The fraction of sp³-hybridized carbons (Fsp3) is 0.273. The molecule has 0 spiro atoms. The monoisotopic (exact) mass is 411 g/mol. The molecule has 7 heteroatoms. The predicted octanol–water partition coefficient (Wildman–Crippen LogP) is 3.92. The van der Waals surface area contributed by atoms with Gasteiger partial charge in [-0.1, -0.05) is 29.5 Å². The molecule has 0 saturated carbocycles. The van der Waals surface area contributed by atoms with Gasteiger partial charge >= 0.3 is 0 Å². The number of methoxy groups -OCH3 is 2. The lowest BCUT2D eigenvalue weighted by atomic mass is 10.2. The molecule has 0 aliphatic carbocycles. The zero-order valence-corrected chi connectivity index (χ0v) is 17.9. The largest absolute Gasteiger partial charge is 0.493 e. The number of ether oxygens (including phenoxy) is 2. The summed E-state index contributed by atoms with van der Waals surface area (Å²) >= 11 is 1.52. The van der Waals surface area contributed by atoms with Crippen molar-refractivity contribution in [3.05, 3.63) is 54.1 Å². The van der Waals surface area contributed by atoms with Gasteiger partial charge < -0.3 is 14.4 Å². The first-order valence-corrected chi connectivity index (χ1v) is 10.1. The number of rotatable bonds is 8. The zero-order chi connectivity index (χ0) is 20.8. The molecule has 1 amide bonds. The maximum atomic E-state index is 13.0. The third kappa shape index (κ3) is 5.13. The first-order valence-electron chi connectivity index (χ1n) is 9.23. The summed E-state index contributed by atoms with van der Waals surface area (Å²) in [5.41, 5.74) is 1.76. The van der Waals surface area contributed by atoms with Crippen LogP contribution in [0.3, 0.4) is 0 Å². The van der Waals surface area contributed by atoms with E-state index in [9.17, 15) is 4.79 Å². The minimum Gasteiger partial charge on any atom is -0.493 e. The molecule has 1 heterocycles. The van der Waals surface area contributed by atoms with E-state index in [0.717, 1.165) is 22.3 Å². The van der Waals surface area contributed by atoms with Gasteiger partial charge in [-0.3, -0.25) is 9.69 Å². The van der Waals surface area contributed by atoms with Crippen LogP contribution in [-0.2, 0) is 4.79 Å².